The van der Waals surface area contributed by atoms with Gasteiger partial charge in [-0.05, 0) is 51.0 Å². The molecule has 2 aromatic rings. The second-order valence-electron chi connectivity index (χ2n) is 7.61. The minimum Gasteiger partial charge on any atom is -0.487 e. The zero-order valence-electron chi connectivity index (χ0n) is 17.0. The second-order valence-corrected chi connectivity index (χ2v) is 7.61. The summed E-state index contributed by atoms with van der Waals surface area (Å²) in [6.45, 7) is 3.90. The number of aryl methyl sites for hydroxylation is 1. The number of anilines is 1. The number of halogens is 2. The number of hydrogen-bond donors (Lipinski definition) is 2. The van der Waals surface area contributed by atoms with E-state index in [1.807, 2.05) is 26.0 Å². The summed E-state index contributed by atoms with van der Waals surface area (Å²) >= 11 is 0. The molecule has 2 unspecified atom stereocenters. The fraction of sp³-hybridized carbons (Fsp3) is 0.455. The average molecular weight is 420 g/mol. The highest BCUT2D eigenvalue weighted by Gasteiger charge is 2.30. The number of carbonyl (C=O) groups is 1. The van der Waals surface area contributed by atoms with Crippen LogP contribution in [0.4, 0.5) is 14.5 Å². The van der Waals surface area contributed by atoms with Gasteiger partial charge in [0.15, 0.2) is 11.6 Å². The van der Waals surface area contributed by atoms with Crippen LogP contribution in [0.15, 0.2) is 36.5 Å². The second kappa shape index (κ2) is 9.95. The van der Waals surface area contributed by atoms with Crippen molar-refractivity contribution in [1.82, 2.24) is 4.98 Å². The fourth-order valence-electron chi connectivity index (χ4n) is 3.15. The molecule has 2 heterocycles. The number of aromatic nitrogens is 1. The third-order valence-electron chi connectivity index (χ3n) is 4.98. The molecule has 1 aromatic carbocycles. The molecule has 1 saturated heterocycles. The molecule has 1 aliphatic heterocycles. The lowest BCUT2D eigenvalue weighted by Gasteiger charge is -2.31. The Balaban J connectivity index is 0.000000172. The van der Waals surface area contributed by atoms with E-state index < -0.39 is 11.6 Å². The van der Waals surface area contributed by atoms with E-state index in [-0.39, 0.29) is 36.1 Å². The van der Waals surface area contributed by atoms with E-state index in [1.54, 1.807) is 6.20 Å². The first kappa shape index (κ1) is 22.1. The molecule has 4 rings (SSSR count). The molecule has 1 amide bonds. The number of rotatable bonds is 4. The van der Waals surface area contributed by atoms with Crippen molar-refractivity contribution in [3.63, 3.8) is 0 Å². The first-order chi connectivity index (χ1) is 14.3. The van der Waals surface area contributed by atoms with Gasteiger partial charge in [-0.15, -0.1) is 0 Å². The SMILES string of the molecule is Cc1ccc(NC(=O)C2CCC(C)O2)cn1.OC1CC(Oc2cccc(F)c2F)C1. The van der Waals surface area contributed by atoms with E-state index in [1.165, 1.54) is 12.1 Å². The van der Waals surface area contributed by atoms with Gasteiger partial charge in [0, 0.05) is 18.5 Å². The molecule has 2 atom stereocenters. The summed E-state index contributed by atoms with van der Waals surface area (Å²) in [7, 11) is 0. The van der Waals surface area contributed by atoms with Crippen LogP contribution in [-0.2, 0) is 9.53 Å². The van der Waals surface area contributed by atoms with Gasteiger partial charge in [-0.1, -0.05) is 6.07 Å². The van der Waals surface area contributed by atoms with Crippen LogP contribution >= 0.6 is 0 Å². The van der Waals surface area contributed by atoms with Crippen molar-refractivity contribution in [2.45, 2.75) is 63.9 Å². The van der Waals surface area contributed by atoms with Crippen LogP contribution in [0.3, 0.4) is 0 Å². The van der Waals surface area contributed by atoms with Crippen LogP contribution in [0.5, 0.6) is 5.75 Å². The van der Waals surface area contributed by atoms with Gasteiger partial charge in [0.05, 0.1) is 24.1 Å². The van der Waals surface area contributed by atoms with E-state index in [4.69, 9.17) is 14.6 Å². The maximum atomic E-state index is 13.1. The molecule has 30 heavy (non-hydrogen) atoms. The Bertz CT molecular complexity index is 857. The Kier molecular flexibility index (Phi) is 7.33. The van der Waals surface area contributed by atoms with Crippen molar-refractivity contribution in [1.29, 1.82) is 0 Å². The van der Waals surface area contributed by atoms with Gasteiger partial charge in [-0.2, -0.15) is 4.39 Å². The Hall–Kier alpha value is -2.58. The summed E-state index contributed by atoms with van der Waals surface area (Å²) in [4.78, 5) is 15.9. The summed E-state index contributed by atoms with van der Waals surface area (Å²) in [6.07, 6.45) is 3.69. The average Bonchev–Trinajstić information content (AvgIpc) is 3.13. The van der Waals surface area contributed by atoms with Gasteiger partial charge < -0.3 is 19.9 Å². The Morgan fingerprint density at radius 1 is 1.23 bits per heavy atom. The number of aliphatic hydroxyl groups is 1. The highest BCUT2D eigenvalue weighted by atomic mass is 19.2. The molecule has 8 heteroatoms. The smallest absolute Gasteiger partial charge is 0.253 e. The lowest BCUT2D eigenvalue weighted by atomic mass is 9.92. The summed E-state index contributed by atoms with van der Waals surface area (Å²) < 4.78 is 36.4. The number of nitrogens with zero attached hydrogens (tertiary/aromatic N) is 1. The van der Waals surface area contributed by atoms with Crippen LogP contribution < -0.4 is 10.1 Å². The molecule has 1 saturated carbocycles. The molecule has 0 bridgehead atoms. The predicted molar refractivity (Wildman–Crippen MR) is 107 cm³/mol. The highest BCUT2D eigenvalue weighted by Crippen LogP contribution is 2.28. The van der Waals surface area contributed by atoms with Crippen LogP contribution in [-0.4, -0.2) is 40.4 Å². The molecule has 162 valence electrons. The van der Waals surface area contributed by atoms with Crippen LogP contribution in [0.25, 0.3) is 0 Å². The Morgan fingerprint density at radius 3 is 2.60 bits per heavy atom. The van der Waals surface area contributed by atoms with Gasteiger partial charge in [0.1, 0.15) is 12.2 Å². The number of benzene rings is 1. The molecule has 0 spiro atoms. The maximum Gasteiger partial charge on any atom is 0.253 e. The summed E-state index contributed by atoms with van der Waals surface area (Å²) in [5, 5.41) is 11.8. The monoisotopic (exact) mass is 420 g/mol. The van der Waals surface area contributed by atoms with E-state index in [9.17, 15) is 13.6 Å². The number of nitrogens with one attached hydrogen (secondary N) is 1. The Labute approximate surface area is 174 Å². The van der Waals surface area contributed by atoms with E-state index in [0.717, 1.165) is 30.3 Å². The first-order valence-electron chi connectivity index (χ1n) is 9.99. The number of hydrogen-bond acceptors (Lipinski definition) is 5. The Morgan fingerprint density at radius 2 is 2.00 bits per heavy atom. The minimum absolute atomic E-state index is 0.0741. The number of ether oxygens (including phenoxy) is 2. The predicted octanol–water partition coefficient (Wildman–Crippen LogP) is 3.76. The molecule has 2 N–H and O–H groups in total. The van der Waals surface area contributed by atoms with Crippen molar-refractivity contribution in [2.75, 3.05) is 5.32 Å². The largest absolute Gasteiger partial charge is 0.487 e. The fourth-order valence-corrected chi connectivity index (χ4v) is 3.15. The molecule has 6 nitrogen and oxygen atoms in total. The lowest BCUT2D eigenvalue weighted by Crippen LogP contribution is -2.37. The van der Waals surface area contributed by atoms with E-state index >= 15 is 0 Å². The van der Waals surface area contributed by atoms with Gasteiger partial charge >= 0.3 is 0 Å². The van der Waals surface area contributed by atoms with E-state index in [2.05, 4.69) is 10.3 Å². The zero-order chi connectivity index (χ0) is 21.7. The number of amides is 1. The molecule has 1 aliphatic carbocycles. The summed E-state index contributed by atoms with van der Waals surface area (Å²) in [5.41, 5.74) is 1.66. The van der Waals surface area contributed by atoms with Gasteiger partial charge in [-0.25, -0.2) is 4.39 Å². The molecular weight excluding hydrogens is 394 g/mol. The summed E-state index contributed by atoms with van der Waals surface area (Å²) in [5.74, 6) is -2.03. The molecule has 2 aliphatic rings. The summed E-state index contributed by atoms with van der Waals surface area (Å²) in [6, 6.07) is 7.52. The molecule has 1 aromatic heterocycles. The van der Waals surface area contributed by atoms with E-state index in [0.29, 0.717) is 12.8 Å². The lowest BCUT2D eigenvalue weighted by molar-refractivity contribution is -0.126. The highest BCUT2D eigenvalue weighted by molar-refractivity contribution is 5.94. The molecule has 2 fully saturated rings. The van der Waals surface area contributed by atoms with Crippen molar-refractivity contribution >= 4 is 11.6 Å². The van der Waals surface area contributed by atoms with Crippen molar-refractivity contribution in [2.24, 2.45) is 0 Å². The third-order valence-corrected chi connectivity index (χ3v) is 4.98. The van der Waals surface area contributed by atoms with Gasteiger partial charge in [0.2, 0.25) is 5.82 Å². The number of pyridine rings is 1. The van der Waals surface area contributed by atoms with Crippen molar-refractivity contribution in [3.05, 3.63) is 53.9 Å². The minimum atomic E-state index is -0.964. The van der Waals surface area contributed by atoms with Gasteiger partial charge in [0.25, 0.3) is 5.91 Å². The van der Waals surface area contributed by atoms with Crippen molar-refractivity contribution in [3.8, 4) is 5.75 Å². The van der Waals surface area contributed by atoms with Crippen LogP contribution in [0, 0.1) is 18.6 Å². The normalized spacial score (nSPS) is 25.0. The standard InChI is InChI=1S/C12H16N2O2.C10H10F2O2/c1-8-3-5-10(7-13-8)14-12(15)11-6-4-9(2)16-11;11-8-2-1-3-9(10(8)12)14-7-4-6(13)5-7/h3,5,7,9,11H,4,6H2,1-2H3,(H,14,15);1-3,6-7,13H,4-5H2. The zero-order valence-corrected chi connectivity index (χ0v) is 17.0. The van der Waals surface area contributed by atoms with Crippen LogP contribution in [0.2, 0.25) is 0 Å². The molecular formula is C22H26F2N2O4. The van der Waals surface area contributed by atoms with Crippen LogP contribution in [0.1, 0.15) is 38.3 Å². The maximum absolute atomic E-state index is 13.1. The first-order valence-corrected chi connectivity index (χ1v) is 9.99. The molecule has 0 radical (unpaired) electrons. The van der Waals surface area contributed by atoms with Gasteiger partial charge in [-0.3, -0.25) is 9.78 Å². The third kappa shape index (κ3) is 5.96. The topological polar surface area (TPSA) is 80.7 Å². The number of carbonyl (C=O) groups excluding carboxylic acids is 1. The number of aliphatic hydroxyl groups excluding tert-OH is 1. The quantitative estimate of drug-likeness (QED) is 0.787. The van der Waals surface area contributed by atoms with Crippen molar-refractivity contribution < 1.29 is 28.2 Å².